The van der Waals surface area contributed by atoms with Crippen LogP contribution in [-0.4, -0.2) is 26.3 Å². The summed E-state index contributed by atoms with van der Waals surface area (Å²) in [6, 6.07) is 7.21. The molecule has 0 radical (unpaired) electrons. The Labute approximate surface area is 121 Å². The van der Waals surface area contributed by atoms with E-state index >= 15 is 0 Å². The first-order chi connectivity index (χ1) is 9.53. The quantitative estimate of drug-likeness (QED) is 0.834. The van der Waals surface area contributed by atoms with Gasteiger partial charge in [-0.2, -0.15) is 0 Å². The Hall–Kier alpha value is -0.970. The zero-order valence-electron chi connectivity index (χ0n) is 11.5. The fraction of sp³-hybridized carbons (Fsp3) is 0.500. The molecule has 1 aromatic rings. The summed E-state index contributed by atoms with van der Waals surface area (Å²) in [5, 5.41) is 19.8. The van der Waals surface area contributed by atoms with Gasteiger partial charge in [0.2, 0.25) is 0 Å². The van der Waals surface area contributed by atoms with Gasteiger partial charge < -0.3 is 10.2 Å². The van der Waals surface area contributed by atoms with Crippen molar-refractivity contribution in [3.63, 3.8) is 0 Å². The summed E-state index contributed by atoms with van der Waals surface area (Å²) in [6.07, 6.45) is 6.48. The van der Waals surface area contributed by atoms with Crippen LogP contribution in [-0.2, 0) is 16.4 Å². The Kier molecular flexibility index (Phi) is 3.56. The standard InChI is InChI=1S/C16H20O3S/c1-16(18,10-17)13-4-2-3-5-14(13)20(19)15-9-11-6-7-12(15)8-11/h2-7,11-12,15,17-18H,8-10H2,1H3/t11-,12+,15-,16-,20-/m0/s1. The van der Waals surface area contributed by atoms with E-state index in [0.717, 1.165) is 12.8 Å². The van der Waals surface area contributed by atoms with Gasteiger partial charge >= 0.3 is 0 Å². The van der Waals surface area contributed by atoms with Crippen molar-refractivity contribution in [2.45, 2.75) is 35.5 Å². The van der Waals surface area contributed by atoms with Crippen LogP contribution in [0.4, 0.5) is 0 Å². The molecule has 1 aromatic carbocycles. The molecule has 0 aromatic heterocycles. The van der Waals surface area contributed by atoms with Crippen LogP contribution >= 0.6 is 0 Å². The van der Waals surface area contributed by atoms with Crippen molar-refractivity contribution >= 4 is 10.8 Å². The maximum atomic E-state index is 12.9. The molecule has 2 N–H and O–H groups in total. The van der Waals surface area contributed by atoms with Crippen molar-refractivity contribution in [1.29, 1.82) is 0 Å². The minimum absolute atomic E-state index is 0.139. The number of rotatable bonds is 4. The number of hydrogen-bond donors (Lipinski definition) is 2. The van der Waals surface area contributed by atoms with Crippen LogP contribution in [0.1, 0.15) is 25.3 Å². The van der Waals surface area contributed by atoms with Gasteiger partial charge in [0.25, 0.3) is 0 Å². The molecule has 0 heterocycles. The van der Waals surface area contributed by atoms with E-state index in [1.54, 1.807) is 19.1 Å². The van der Waals surface area contributed by atoms with Crippen LogP contribution in [0.15, 0.2) is 41.3 Å². The molecule has 0 spiro atoms. The maximum absolute atomic E-state index is 12.9. The van der Waals surface area contributed by atoms with E-state index in [4.69, 9.17) is 0 Å². The molecule has 0 aliphatic heterocycles. The average Bonchev–Trinajstić information content (AvgIpc) is 3.09. The van der Waals surface area contributed by atoms with Crippen LogP contribution in [0.3, 0.4) is 0 Å². The molecule has 1 saturated carbocycles. The molecule has 0 saturated heterocycles. The highest BCUT2D eigenvalue weighted by Gasteiger charge is 2.40. The Bertz CT molecular complexity index is 565. The second-order valence-corrected chi connectivity index (χ2v) is 7.68. The van der Waals surface area contributed by atoms with Crippen molar-refractivity contribution < 1.29 is 14.4 Å². The molecule has 2 bridgehead atoms. The third kappa shape index (κ3) is 2.26. The topological polar surface area (TPSA) is 57.5 Å². The lowest BCUT2D eigenvalue weighted by atomic mass is 9.97. The summed E-state index contributed by atoms with van der Waals surface area (Å²) in [5.74, 6) is 0.965. The normalized spacial score (nSPS) is 32.2. The van der Waals surface area contributed by atoms with Gasteiger partial charge in [-0.3, -0.25) is 4.21 Å². The molecule has 108 valence electrons. The highest BCUT2D eigenvalue weighted by Crippen LogP contribution is 2.43. The molecular weight excluding hydrogens is 272 g/mol. The molecule has 1 fully saturated rings. The second kappa shape index (κ2) is 5.10. The molecule has 3 nitrogen and oxygen atoms in total. The molecule has 3 rings (SSSR count). The van der Waals surface area contributed by atoms with E-state index in [2.05, 4.69) is 12.2 Å². The third-order valence-electron chi connectivity index (χ3n) is 4.48. The van der Waals surface area contributed by atoms with E-state index < -0.39 is 16.4 Å². The van der Waals surface area contributed by atoms with Crippen molar-refractivity contribution in [3.8, 4) is 0 Å². The Morgan fingerprint density at radius 2 is 2.05 bits per heavy atom. The van der Waals surface area contributed by atoms with Gasteiger partial charge in [0.15, 0.2) is 0 Å². The molecule has 20 heavy (non-hydrogen) atoms. The Morgan fingerprint density at radius 3 is 2.65 bits per heavy atom. The number of aliphatic hydroxyl groups excluding tert-OH is 1. The van der Waals surface area contributed by atoms with Gasteiger partial charge in [-0.05, 0) is 37.7 Å². The van der Waals surface area contributed by atoms with E-state index in [-0.39, 0.29) is 11.9 Å². The summed E-state index contributed by atoms with van der Waals surface area (Å²) in [6.45, 7) is 1.18. The first-order valence-electron chi connectivity index (χ1n) is 7.04. The van der Waals surface area contributed by atoms with Crippen LogP contribution < -0.4 is 0 Å². The number of hydrogen-bond acceptors (Lipinski definition) is 3. The summed E-state index contributed by atoms with van der Waals surface area (Å²) in [4.78, 5) is 0.664. The first-order valence-corrected chi connectivity index (χ1v) is 8.26. The Balaban J connectivity index is 1.95. The number of aliphatic hydroxyl groups is 2. The minimum atomic E-state index is -1.35. The maximum Gasteiger partial charge on any atom is 0.111 e. The van der Waals surface area contributed by atoms with E-state index in [9.17, 15) is 14.4 Å². The molecule has 4 heteroatoms. The summed E-state index contributed by atoms with van der Waals surface area (Å²) >= 11 is 0. The molecule has 2 aliphatic carbocycles. The van der Waals surface area contributed by atoms with Gasteiger partial charge in [0.05, 0.1) is 17.4 Å². The average molecular weight is 292 g/mol. The van der Waals surface area contributed by atoms with E-state index in [0.29, 0.717) is 22.3 Å². The fourth-order valence-corrected chi connectivity index (χ4v) is 5.30. The number of fused-ring (bicyclic) bond motifs is 2. The highest BCUT2D eigenvalue weighted by atomic mass is 32.2. The molecule has 0 unspecified atom stereocenters. The van der Waals surface area contributed by atoms with Crippen LogP contribution in [0.2, 0.25) is 0 Å². The van der Waals surface area contributed by atoms with Gasteiger partial charge in [0, 0.05) is 15.7 Å². The van der Waals surface area contributed by atoms with Gasteiger partial charge in [0.1, 0.15) is 5.60 Å². The van der Waals surface area contributed by atoms with Crippen LogP contribution in [0, 0.1) is 11.8 Å². The third-order valence-corrected chi connectivity index (χ3v) is 6.37. The van der Waals surface area contributed by atoms with Crippen molar-refractivity contribution in [2.75, 3.05) is 6.61 Å². The van der Waals surface area contributed by atoms with E-state index in [1.165, 1.54) is 0 Å². The largest absolute Gasteiger partial charge is 0.393 e. The Morgan fingerprint density at radius 1 is 1.30 bits per heavy atom. The highest BCUT2D eigenvalue weighted by molar-refractivity contribution is 7.85. The molecule has 0 amide bonds. The van der Waals surface area contributed by atoms with Gasteiger partial charge in [-0.25, -0.2) is 0 Å². The lowest BCUT2D eigenvalue weighted by Crippen LogP contribution is -2.29. The van der Waals surface area contributed by atoms with Crippen LogP contribution in [0.5, 0.6) is 0 Å². The van der Waals surface area contributed by atoms with Crippen molar-refractivity contribution in [2.24, 2.45) is 11.8 Å². The lowest BCUT2D eigenvalue weighted by Gasteiger charge is -2.26. The predicted molar refractivity (Wildman–Crippen MR) is 78.6 cm³/mol. The molecule has 2 aliphatic rings. The number of benzene rings is 1. The predicted octanol–water partition coefficient (Wildman–Crippen LogP) is 1.96. The minimum Gasteiger partial charge on any atom is -0.393 e. The van der Waals surface area contributed by atoms with Gasteiger partial charge in [-0.15, -0.1) is 0 Å². The van der Waals surface area contributed by atoms with E-state index in [1.807, 2.05) is 12.1 Å². The SMILES string of the molecule is C[C@](O)(CO)c1ccccc1[S@](=O)[C@H]1C[C@H]2C=C[C@@H]1C2. The molecule has 5 atom stereocenters. The lowest BCUT2D eigenvalue weighted by molar-refractivity contribution is -0.00450. The first kappa shape index (κ1) is 14.0. The second-order valence-electron chi connectivity index (χ2n) is 6.04. The van der Waals surface area contributed by atoms with Crippen LogP contribution in [0.25, 0.3) is 0 Å². The number of allylic oxidation sites excluding steroid dienone is 2. The zero-order chi connectivity index (χ0) is 14.3. The van der Waals surface area contributed by atoms with Crippen molar-refractivity contribution in [3.05, 3.63) is 42.0 Å². The molecular formula is C16H20O3S. The summed E-state index contributed by atoms with van der Waals surface area (Å²) in [5.41, 5.74) is -0.771. The summed E-state index contributed by atoms with van der Waals surface area (Å²) < 4.78 is 12.9. The smallest absolute Gasteiger partial charge is 0.111 e. The van der Waals surface area contributed by atoms with Crippen molar-refractivity contribution in [1.82, 2.24) is 0 Å². The fourth-order valence-electron chi connectivity index (χ4n) is 3.31. The summed E-state index contributed by atoms with van der Waals surface area (Å²) in [7, 11) is -1.14. The zero-order valence-corrected chi connectivity index (χ0v) is 12.3. The monoisotopic (exact) mass is 292 g/mol. The van der Waals surface area contributed by atoms with Gasteiger partial charge in [-0.1, -0.05) is 30.4 Å².